The molecule has 86 valence electrons. The molecular formula is C14H19NS. The van der Waals surface area contributed by atoms with Crippen LogP contribution < -0.4 is 5.73 Å². The van der Waals surface area contributed by atoms with E-state index in [1.807, 2.05) is 11.3 Å². The molecule has 0 amide bonds. The summed E-state index contributed by atoms with van der Waals surface area (Å²) in [6.07, 6.45) is 7.12. The average molecular weight is 233 g/mol. The molecular weight excluding hydrogens is 214 g/mol. The third kappa shape index (κ3) is 1.10. The predicted molar refractivity (Wildman–Crippen MR) is 67.2 cm³/mol. The molecule has 4 fully saturated rings. The molecule has 5 rings (SSSR count). The Balaban J connectivity index is 1.79. The lowest BCUT2D eigenvalue weighted by Crippen LogP contribution is -2.60. The van der Waals surface area contributed by atoms with Crippen molar-refractivity contribution in [1.82, 2.24) is 0 Å². The van der Waals surface area contributed by atoms with Gasteiger partial charge in [0.1, 0.15) is 0 Å². The van der Waals surface area contributed by atoms with E-state index in [1.54, 1.807) is 0 Å². The molecule has 1 heterocycles. The summed E-state index contributed by atoms with van der Waals surface area (Å²) in [6.45, 7) is 0. The van der Waals surface area contributed by atoms with Crippen LogP contribution in [0.15, 0.2) is 17.5 Å². The van der Waals surface area contributed by atoms with Crippen molar-refractivity contribution < 1.29 is 0 Å². The van der Waals surface area contributed by atoms with Crippen molar-refractivity contribution >= 4 is 11.3 Å². The quantitative estimate of drug-likeness (QED) is 0.791. The van der Waals surface area contributed by atoms with Crippen molar-refractivity contribution in [1.29, 1.82) is 0 Å². The molecule has 2 heteroatoms. The second kappa shape index (κ2) is 3.11. The van der Waals surface area contributed by atoms with E-state index in [1.165, 1.54) is 37.0 Å². The average Bonchev–Trinajstić information content (AvgIpc) is 2.78. The molecule has 4 aliphatic carbocycles. The monoisotopic (exact) mass is 233 g/mol. The number of hydrogen-bond donors (Lipinski definition) is 1. The first-order chi connectivity index (χ1) is 7.77. The predicted octanol–water partition coefficient (Wildman–Crippen LogP) is 3.36. The molecule has 0 radical (unpaired) electrons. The topological polar surface area (TPSA) is 26.0 Å². The van der Waals surface area contributed by atoms with Gasteiger partial charge in [-0.2, -0.15) is 0 Å². The van der Waals surface area contributed by atoms with Crippen molar-refractivity contribution in [2.75, 3.05) is 0 Å². The van der Waals surface area contributed by atoms with Crippen LogP contribution in [-0.4, -0.2) is 0 Å². The molecule has 0 spiro atoms. The second-order valence-electron chi connectivity index (χ2n) is 6.21. The van der Waals surface area contributed by atoms with Gasteiger partial charge in [-0.15, -0.1) is 11.3 Å². The fraction of sp³-hybridized carbons (Fsp3) is 0.714. The van der Waals surface area contributed by atoms with Crippen LogP contribution in [0, 0.1) is 23.7 Å². The standard InChI is InChI=1S/C14H19NS/c15-14(13-2-1-3-16-13)11-5-9-4-10(7-11)8-12(14)6-9/h1-3,9-12H,4-8,15H2. The molecule has 1 nitrogen and oxygen atoms in total. The molecule has 0 saturated heterocycles. The smallest absolute Gasteiger partial charge is 0.0561 e. The van der Waals surface area contributed by atoms with E-state index in [4.69, 9.17) is 5.73 Å². The van der Waals surface area contributed by atoms with Crippen LogP contribution in [0.5, 0.6) is 0 Å². The maximum atomic E-state index is 6.87. The van der Waals surface area contributed by atoms with Gasteiger partial charge in [0, 0.05) is 4.88 Å². The van der Waals surface area contributed by atoms with Gasteiger partial charge in [0.25, 0.3) is 0 Å². The summed E-state index contributed by atoms with van der Waals surface area (Å²) < 4.78 is 0. The lowest BCUT2D eigenvalue weighted by atomic mass is 9.48. The SMILES string of the molecule is NC1(c2cccs2)C2CC3CC(C2)CC1C3. The fourth-order valence-corrected chi connectivity index (χ4v) is 5.89. The van der Waals surface area contributed by atoms with E-state index in [0.717, 1.165) is 23.7 Å². The summed E-state index contributed by atoms with van der Waals surface area (Å²) in [6, 6.07) is 4.44. The molecule has 4 saturated carbocycles. The molecule has 0 aromatic carbocycles. The summed E-state index contributed by atoms with van der Waals surface area (Å²) in [5, 5.41) is 2.19. The third-order valence-corrected chi connectivity index (χ3v) is 6.47. The summed E-state index contributed by atoms with van der Waals surface area (Å²) in [5.74, 6) is 3.59. The molecule has 4 bridgehead atoms. The summed E-state index contributed by atoms with van der Waals surface area (Å²) >= 11 is 1.88. The molecule has 0 unspecified atom stereocenters. The van der Waals surface area contributed by atoms with Crippen LogP contribution >= 0.6 is 11.3 Å². The van der Waals surface area contributed by atoms with Gasteiger partial charge in [-0.1, -0.05) is 6.07 Å². The van der Waals surface area contributed by atoms with Gasteiger partial charge >= 0.3 is 0 Å². The fourth-order valence-electron chi connectivity index (χ4n) is 4.89. The Kier molecular flexibility index (Phi) is 1.88. The van der Waals surface area contributed by atoms with E-state index in [2.05, 4.69) is 17.5 Å². The van der Waals surface area contributed by atoms with Gasteiger partial charge in [0.05, 0.1) is 5.54 Å². The second-order valence-corrected chi connectivity index (χ2v) is 7.16. The highest BCUT2D eigenvalue weighted by Crippen LogP contribution is 2.61. The van der Waals surface area contributed by atoms with Crippen LogP contribution in [0.4, 0.5) is 0 Å². The molecule has 1 aromatic rings. The Morgan fingerprint density at radius 1 is 1.06 bits per heavy atom. The molecule has 0 aliphatic heterocycles. The first-order valence-electron chi connectivity index (χ1n) is 6.59. The molecule has 0 atom stereocenters. The molecule has 4 aliphatic rings. The van der Waals surface area contributed by atoms with E-state index in [0.29, 0.717) is 0 Å². The lowest BCUT2D eigenvalue weighted by molar-refractivity contribution is -0.0567. The normalized spacial score (nSPS) is 49.8. The Morgan fingerprint density at radius 2 is 1.69 bits per heavy atom. The van der Waals surface area contributed by atoms with Crippen molar-refractivity contribution in [2.45, 2.75) is 37.6 Å². The van der Waals surface area contributed by atoms with Gasteiger partial charge in [-0.25, -0.2) is 0 Å². The highest BCUT2D eigenvalue weighted by atomic mass is 32.1. The number of nitrogens with two attached hydrogens (primary N) is 1. The largest absolute Gasteiger partial charge is 0.320 e. The minimum Gasteiger partial charge on any atom is -0.320 e. The summed E-state index contributed by atoms with van der Waals surface area (Å²) in [7, 11) is 0. The summed E-state index contributed by atoms with van der Waals surface area (Å²) in [4.78, 5) is 1.46. The minimum atomic E-state index is 0.0432. The third-order valence-electron chi connectivity index (χ3n) is 5.44. The van der Waals surface area contributed by atoms with Gasteiger partial charge in [0.2, 0.25) is 0 Å². The maximum absolute atomic E-state index is 6.87. The molecule has 16 heavy (non-hydrogen) atoms. The van der Waals surface area contributed by atoms with Crippen LogP contribution in [0.25, 0.3) is 0 Å². The highest BCUT2D eigenvalue weighted by Gasteiger charge is 2.56. The van der Waals surface area contributed by atoms with Crippen LogP contribution in [-0.2, 0) is 5.54 Å². The van der Waals surface area contributed by atoms with E-state index < -0.39 is 0 Å². The Morgan fingerprint density at radius 3 is 2.19 bits per heavy atom. The van der Waals surface area contributed by atoms with Crippen LogP contribution in [0.3, 0.4) is 0 Å². The van der Waals surface area contributed by atoms with E-state index >= 15 is 0 Å². The Bertz CT molecular complexity index is 367. The van der Waals surface area contributed by atoms with Gasteiger partial charge in [-0.3, -0.25) is 0 Å². The number of thiophene rings is 1. The van der Waals surface area contributed by atoms with Gasteiger partial charge in [0.15, 0.2) is 0 Å². The van der Waals surface area contributed by atoms with Crippen molar-refractivity contribution in [3.63, 3.8) is 0 Å². The molecule has 2 N–H and O–H groups in total. The van der Waals surface area contributed by atoms with Crippen LogP contribution in [0.2, 0.25) is 0 Å². The lowest BCUT2D eigenvalue weighted by Gasteiger charge is -2.59. The summed E-state index contributed by atoms with van der Waals surface area (Å²) in [5.41, 5.74) is 6.91. The van der Waals surface area contributed by atoms with Gasteiger partial charge in [-0.05, 0) is 67.2 Å². The zero-order valence-electron chi connectivity index (χ0n) is 9.56. The number of rotatable bonds is 1. The zero-order valence-corrected chi connectivity index (χ0v) is 10.4. The highest BCUT2D eigenvalue weighted by molar-refractivity contribution is 7.10. The minimum absolute atomic E-state index is 0.0432. The van der Waals surface area contributed by atoms with E-state index in [-0.39, 0.29) is 5.54 Å². The van der Waals surface area contributed by atoms with E-state index in [9.17, 15) is 0 Å². The molecule has 1 aromatic heterocycles. The number of hydrogen-bond acceptors (Lipinski definition) is 2. The van der Waals surface area contributed by atoms with Crippen molar-refractivity contribution in [3.8, 4) is 0 Å². The Labute approximate surface area is 101 Å². The van der Waals surface area contributed by atoms with Crippen LogP contribution in [0.1, 0.15) is 37.0 Å². The zero-order chi connectivity index (χ0) is 10.8. The Hall–Kier alpha value is -0.340. The first-order valence-corrected chi connectivity index (χ1v) is 7.47. The first kappa shape index (κ1) is 9.67. The van der Waals surface area contributed by atoms with Gasteiger partial charge < -0.3 is 5.73 Å². The maximum Gasteiger partial charge on any atom is 0.0561 e. The van der Waals surface area contributed by atoms with Crippen molar-refractivity contribution in [2.24, 2.45) is 29.4 Å². The van der Waals surface area contributed by atoms with Crippen molar-refractivity contribution in [3.05, 3.63) is 22.4 Å².